The Hall–Kier alpha value is -1.69. The van der Waals surface area contributed by atoms with E-state index in [2.05, 4.69) is 5.32 Å². The summed E-state index contributed by atoms with van der Waals surface area (Å²) < 4.78 is 32.4. The average molecular weight is 298 g/mol. The quantitative estimate of drug-likeness (QED) is 0.867. The van der Waals surface area contributed by atoms with Crippen LogP contribution in [0.5, 0.6) is 0 Å². The fourth-order valence-corrected chi connectivity index (χ4v) is 2.29. The molecule has 1 aliphatic heterocycles. The monoisotopic (exact) mass is 298 g/mol. The van der Waals surface area contributed by atoms with Crippen LogP contribution in [-0.4, -0.2) is 36.2 Å². The molecule has 0 aromatic heterocycles. The van der Waals surface area contributed by atoms with Crippen molar-refractivity contribution in [1.82, 2.24) is 10.2 Å². The first-order valence-corrected chi connectivity index (χ1v) is 6.93. The van der Waals surface area contributed by atoms with Crippen LogP contribution in [-0.2, 0) is 4.74 Å². The summed E-state index contributed by atoms with van der Waals surface area (Å²) in [5.74, 6) is -1.29. The smallest absolute Gasteiger partial charge is 0.410 e. The normalized spacial score (nSPS) is 19.5. The van der Waals surface area contributed by atoms with Crippen molar-refractivity contribution in [3.63, 3.8) is 0 Å². The summed E-state index contributed by atoms with van der Waals surface area (Å²) in [6.45, 7) is 6.76. The number of nitrogens with zero attached hydrogens (tertiary/aromatic N) is 1. The summed E-state index contributed by atoms with van der Waals surface area (Å²) >= 11 is 0. The molecule has 1 atom stereocenters. The van der Waals surface area contributed by atoms with E-state index in [1.54, 1.807) is 20.8 Å². The van der Waals surface area contributed by atoms with Crippen LogP contribution < -0.4 is 5.32 Å². The Balaban J connectivity index is 2.24. The number of carbonyl (C=O) groups is 1. The van der Waals surface area contributed by atoms with Crippen LogP contribution in [0.3, 0.4) is 0 Å². The molecule has 1 fully saturated rings. The second-order valence-corrected chi connectivity index (χ2v) is 6.06. The topological polar surface area (TPSA) is 41.6 Å². The Labute approximate surface area is 123 Å². The molecule has 1 heterocycles. The number of hydrogen-bond acceptors (Lipinski definition) is 3. The Morgan fingerprint density at radius 2 is 2.10 bits per heavy atom. The highest BCUT2D eigenvalue weighted by Gasteiger charge is 2.32. The molecule has 6 heteroatoms. The zero-order chi connectivity index (χ0) is 15.6. The van der Waals surface area contributed by atoms with Crippen molar-refractivity contribution in [2.45, 2.75) is 32.4 Å². The van der Waals surface area contributed by atoms with Gasteiger partial charge in [-0.1, -0.05) is 6.07 Å². The molecule has 1 saturated heterocycles. The number of amides is 1. The summed E-state index contributed by atoms with van der Waals surface area (Å²) in [5.41, 5.74) is -0.331. The van der Waals surface area contributed by atoms with Gasteiger partial charge in [0.15, 0.2) is 0 Å². The zero-order valence-electron chi connectivity index (χ0n) is 12.5. The SMILES string of the molecule is CC(C)(C)OC(=O)N1CCNC[C@@H]1c1ccc(F)cc1F. The lowest BCUT2D eigenvalue weighted by Gasteiger charge is -2.37. The highest BCUT2D eigenvalue weighted by Crippen LogP contribution is 2.27. The average Bonchev–Trinajstić information content (AvgIpc) is 2.37. The fourth-order valence-electron chi connectivity index (χ4n) is 2.29. The van der Waals surface area contributed by atoms with E-state index in [4.69, 9.17) is 4.74 Å². The maximum absolute atomic E-state index is 14.0. The van der Waals surface area contributed by atoms with Crippen LogP contribution in [0.4, 0.5) is 13.6 Å². The second kappa shape index (κ2) is 5.97. The molecule has 0 spiro atoms. The largest absolute Gasteiger partial charge is 0.444 e. The van der Waals surface area contributed by atoms with Gasteiger partial charge in [-0.05, 0) is 26.8 Å². The minimum absolute atomic E-state index is 0.287. The predicted octanol–water partition coefficient (Wildman–Crippen LogP) is 2.85. The maximum atomic E-state index is 14.0. The Morgan fingerprint density at radius 3 is 2.71 bits per heavy atom. The van der Waals surface area contributed by atoms with Crippen molar-refractivity contribution in [1.29, 1.82) is 0 Å². The third-order valence-corrected chi connectivity index (χ3v) is 3.19. The number of benzene rings is 1. The van der Waals surface area contributed by atoms with Gasteiger partial charge in [0.05, 0.1) is 6.04 Å². The van der Waals surface area contributed by atoms with E-state index in [9.17, 15) is 13.6 Å². The standard InChI is InChI=1S/C15H20F2N2O2/c1-15(2,3)21-14(20)19-7-6-18-9-13(19)11-5-4-10(16)8-12(11)17/h4-5,8,13,18H,6-7,9H2,1-3H3/t13-/m1/s1. The van der Waals surface area contributed by atoms with Gasteiger partial charge in [0.2, 0.25) is 0 Å². The van der Waals surface area contributed by atoms with Crippen LogP contribution in [0.25, 0.3) is 0 Å². The number of halogens is 2. The number of nitrogens with one attached hydrogen (secondary N) is 1. The summed E-state index contributed by atoms with van der Waals surface area (Å²) in [5, 5.41) is 3.11. The molecule has 1 amide bonds. The molecule has 0 radical (unpaired) electrons. The molecule has 0 aliphatic carbocycles. The minimum Gasteiger partial charge on any atom is -0.444 e. The van der Waals surface area contributed by atoms with E-state index in [0.29, 0.717) is 19.6 Å². The predicted molar refractivity (Wildman–Crippen MR) is 74.9 cm³/mol. The third kappa shape index (κ3) is 3.91. The summed E-state index contributed by atoms with van der Waals surface area (Å²) in [4.78, 5) is 13.7. The molecule has 0 unspecified atom stereocenters. The van der Waals surface area contributed by atoms with E-state index >= 15 is 0 Å². The lowest BCUT2D eigenvalue weighted by molar-refractivity contribution is 0.0114. The van der Waals surface area contributed by atoms with E-state index in [0.717, 1.165) is 6.07 Å². The van der Waals surface area contributed by atoms with Crippen LogP contribution in [0, 0.1) is 11.6 Å². The van der Waals surface area contributed by atoms with Crippen molar-refractivity contribution < 1.29 is 18.3 Å². The summed E-state index contributed by atoms with van der Waals surface area (Å²) in [7, 11) is 0. The minimum atomic E-state index is -0.655. The van der Waals surface area contributed by atoms with Gasteiger partial charge in [0, 0.05) is 31.3 Å². The van der Waals surface area contributed by atoms with Crippen molar-refractivity contribution >= 4 is 6.09 Å². The van der Waals surface area contributed by atoms with Gasteiger partial charge in [0.1, 0.15) is 17.2 Å². The molecule has 21 heavy (non-hydrogen) atoms. The third-order valence-electron chi connectivity index (χ3n) is 3.19. The second-order valence-electron chi connectivity index (χ2n) is 6.06. The molecule has 4 nitrogen and oxygen atoms in total. The highest BCUT2D eigenvalue weighted by molar-refractivity contribution is 5.69. The summed E-state index contributed by atoms with van der Waals surface area (Å²) in [6, 6.07) is 2.89. The molecule has 2 rings (SSSR count). The highest BCUT2D eigenvalue weighted by atomic mass is 19.1. The zero-order valence-corrected chi connectivity index (χ0v) is 12.5. The molecule has 1 aromatic rings. The molecule has 0 saturated carbocycles. The molecule has 0 bridgehead atoms. The number of carbonyl (C=O) groups excluding carboxylic acids is 1. The molecule has 1 N–H and O–H groups in total. The van der Waals surface area contributed by atoms with Gasteiger partial charge in [-0.25, -0.2) is 13.6 Å². The first-order chi connectivity index (χ1) is 9.78. The van der Waals surface area contributed by atoms with Gasteiger partial charge in [-0.2, -0.15) is 0 Å². The maximum Gasteiger partial charge on any atom is 0.410 e. The molecule has 116 valence electrons. The van der Waals surface area contributed by atoms with Crippen molar-refractivity contribution in [2.75, 3.05) is 19.6 Å². The number of rotatable bonds is 1. The van der Waals surface area contributed by atoms with Crippen LogP contribution in [0.1, 0.15) is 32.4 Å². The summed E-state index contributed by atoms with van der Waals surface area (Å²) in [6.07, 6.45) is -0.488. The van der Waals surface area contributed by atoms with Gasteiger partial charge in [0.25, 0.3) is 0 Å². The van der Waals surface area contributed by atoms with Crippen LogP contribution >= 0.6 is 0 Å². The van der Waals surface area contributed by atoms with Gasteiger partial charge in [-0.15, -0.1) is 0 Å². The lowest BCUT2D eigenvalue weighted by atomic mass is 10.0. The molecule has 1 aromatic carbocycles. The lowest BCUT2D eigenvalue weighted by Crippen LogP contribution is -2.50. The van der Waals surface area contributed by atoms with E-state index in [1.807, 2.05) is 0 Å². The number of ether oxygens (including phenoxy) is 1. The number of piperazine rings is 1. The fraction of sp³-hybridized carbons (Fsp3) is 0.533. The van der Waals surface area contributed by atoms with Crippen molar-refractivity contribution in [3.05, 3.63) is 35.4 Å². The van der Waals surface area contributed by atoms with Crippen LogP contribution in [0.2, 0.25) is 0 Å². The van der Waals surface area contributed by atoms with Gasteiger partial charge in [-0.3, -0.25) is 4.90 Å². The number of hydrogen-bond donors (Lipinski definition) is 1. The first-order valence-electron chi connectivity index (χ1n) is 6.93. The van der Waals surface area contributed by atoms with E-state index in [1.165, 1.54) is 17.0 Å². The van der Waals surface area contributed by atoms with Gasteiger partial charge < -0.3 is 10.1 Å². The van der Waals surface area contributed by atoms with E-state index < -0.39 is 29.4 Å². The van der Waals surface area contributed by atoms with Crippen LogP contribution in [0.15, 0.2) is 18.2 Å². The molecular weight excluding hydrogens is 278 g/mol. The molecule has 1 aliphatic rings. The van der Waals surface area contributed by atoms with Crippen molar-refractivity contribution in [2.24, 2.45) is 0 Å². The Morgan fingerprint density at radius 1 is 1.38 bits per heavy atom. The Kier molecular flexibility index (Phi) is 4.46. The van der Waals surface area contributed by atoms with Crippen molar-refractivity contribution in [3.8, 4) is 0 Å². The van der Waals surface area contributed by atoms with Gasteiger partial charge >= 0.3 is 6.09 Å². The van der Waals surface area contributed by atoms with E-state index in [-0.39, 0.29) is 5.56 Å². The molecular formula is C15H20F2N2O2. The Bertz CT molecular complexity index is 529. The first kappa shape index (κ1) is 15.7.